The number of amides is 1. The van der Waals surface area contributed by atoms with Crippen molar-refractivity contribution in [3.63, 3.8) is 0 Å². The molecule has 0 fully saturated rings. The summed E-state index contributed by atoms with van der Waals surface area (Å²) in [5.41, 5.74) is 0. The SMILES string of the molecule is CC(CBr)CCCNC(=O)c1cnns1. The molecule has 1 atom stereocenters. The summed E-state index contributed by atoms with van der Waals surface area (Å²) >= 11 is 4.54. The third kappa shape index (κ3) is 4.70. The van der Waals surface area contributed by atoms with E-state index in [2.05, 4.69) is 37.8 Å². The van der Waals surface area contributed by atoms with Crippen LogP contribution in [0.4, 0.5) is 0 Å². The van der Waals surface area contributed by atoms with Crippen LogP contribution in [0.15, 0.2) is 6.20 Å². The normalized spacial score (nSPS) is 12.4. The standard InChI is InChI=1S/C9H14BrN3OS/c1-7(5-10)3-2-4-11-9(14)8-6-12-13-15-8/h6-7H,2-5H2,1H3,(H,11,14). The zero-order chi connectivity index (χ0) is 11.1. The van der Waals surface area contributed by atoms with Crippen LogP contribution in [0.25, 0.3) is 0 Å². The Morgan fingerprint density at radius 3 is 3.13 bits per heavy atom. The van der Waals surface area contributed by atoms with Gasteiger partial charge in [-0.05, 0) is 30.3 Å². The molecule has 1 aromatic heterocycles. The number of nitrogens with one attached hydrogen (secondary N) is 1. The Morgan fingerprint density at radius 2 is 2.53 bits per heavy atom. The summed E-state index contributed by atoms with van der Waals surface area (Å²) in [7, 11) is 0. The highest BCUT2D eigenvalue weighted by atomic mass is 79.9. The molecular formula is C9H14BrN3OS. The van der Waals surface area contributed by atoms with Gasteiger partial charge in [0.2, 0.25) is 0 Å². The van der Waals surface area contributed by atoms with Crippen molar-refractivity contribution >= 4 is 33.4 Å². The van der Waals surface area contributed by atoms with Crippen LogP contribution in [0.3, 0.4) is 0 Å². The number of aromatic nitrogens is 2. The maximum atomic E-state index is 11.4. The van der Waals surface area contributed by atoms with Crippen LogP contribution in [0.1, 0.15) is 29.4 Å². The van der Waals surface area contributed by atoms with Gasteiger partial charge in [0.1, 0.15) is 4.88 Å². The average molecular weight is 292 g/mol. The van der Waals surface area contributed by atoms with E-state index in [-0.39, 0.29) is 5.91 Å². The maximum Gasteiger partial charge on any atom is 0.264 e. The molecule has 1 N–H and O–H groups in total. The molecule has 84 valence electrons. The topological polar surface area (TPSA) is 54.9 Å². The molecule has 0 bridgehead atoms. The van der Waals surface area contributed by atoms with Gasteiger partial charge in [0.05, 0.1) is 6.20 Å². The van der Waals surface area contributed by atoms with Crippen molar-refractivity contribution < 1.29 is 4.79 Å². The lowest BCUT2D eigenvalue weighted by atomic mass is 10.1. The molecule has 0 aromatic carbocycles. The van der Waals surface area contributed by atoms with Crippen LogP contribution in [0, 0.1) is 5.92 Å². The molecule has 0 aliphatic carbocycles. The fraction of sp³-hybridized carbons (Fsp3) is 0.667. The summed E-state index contributed by atoms with van der Waals surface area (Å²) in [5.74, 6) is 0.587. The first kappa shape index (κ1) is 12.6. The van der Waals surface area contributed by atoms with Crippen molar-refractivity contribution in [2.24, 2.45) is 5.92 Å². The highest BCUT2D eigenvalue weighted by Gasteiger charge is 2.07. The summed E-state index contributed by atoms with van der Waals surface area (Å²) in [6.45, 7) is 2.90. The number of hydrogen-bond donors (Lipinski definition) is 1. The van der Waals surface area contributed by atoms with Gasteiger partial charge in [0, 0.05) is 11.9 Å². The summed E-state index contributed by atoms with van der Waals surface area (Å²) in [6, 6.07) is 0. The first-order valence-corrected chi connectivity index (χ1v) is 6.75. The third-order valence-corrected chi connectivity index (χ3v) is 3.78. The number of carbonyl (C=O) groups excluding carboxylic acids is 1. The van der Waals surface area contributed by atoms with Gasteiger partial charge in [-0.15, -0.1) is 5.10 Å². The molecule has 0 spiro atoms. The molecule has 0 radical (unpaired) electrons. The summed E-state index contributed by atoms with van der Waals surface area (Å²) in [5, 5.41) is 7.47. The maximum absolute atomic E-state index is 11.4. The number of hydrogen-bond acceptors (Lipinski definition) is 4. The zero-order valence-corrected chi connectivity index (χ0v) is 11.0. The second kappa shape index (κ2) is 6.90. The molecule has 6 heteroatoms. The molecule has 0 saturated carbocycles. The van der Waals surface area contributed by atoms with Crippen molar-refractivity contribution in [3.05, 3.63) is 11.1 Å². The number of carbonyl (C=O) groups is 1. The van der Waals surface area contributed by atoms with E-state index in [9.17, 15) is 4.79 Å². The molecule has 15 heavy (non-hydrogen) atoms. The smallest absolute Gasteiger partial charge is 0.264 e. The lowest BCUT2D eigenvalue weighted by Gasteiger charge is -2.07. The van der Waals surface area contributed by atoms with Gasteiger partial charge < -0.3 is 5.32 Å². The summed E-state index contributed by atoms with van der Waals surface area (Å²) < 4.78 is 3.64. The number of rotatable bonds is 6. The van der Waals surface area contributed by atoms with Crippen molar-refractivity contribution in [1.29, 1.82) is 0 Å². The minimum Gasteiger partial charge on any atom is -0.351 e. The Kier molecular flexibility index (Phi) is 5.78. The Morgan fingerprint density at radius 1 is 1.73 bits per heavy atom. The first-order chi connectivity index (χ1) is 7.24. The predicted molar refractivity (Wildman–Crippen MR) is 64.4 cm³/mol. The summed E-state index contributed by atoms with van der Waals surface area (Å²) in [4.78, 5) is 12.0. The second-order valence-electron chi connectivity index (χ2n) is 3.44. The molecule has 0 saturated heterocycles. The van der Waals surface area contributed by atoms with E-state index in [1.54, 1.807) is 0 Å². The monoisotopic (exact) mass is 291 g/mol. The third-order valence-electron chi connectivity index (χ3n) is 2.01. The van der Waals surface area contributed by atoms with Gasteiger partial charge in [-0.2, -0.15) is 0 Å². The van der Waals surface area contributed by atoms with Crippen LogP contribution in [-0.4, -0.2) is 27.4 Å². The quantitative estimate of drug-likeness (QED) is 0.645. The van der Waals surface area contributed by atoms with E-state index in [0.717, 1.165) is 29.7 Å². The Balaban J connectivity index is 2.13. The minimum atomic E-state index is -0.0727. The zero-order valence-electron chi connectivity index (χ0n) is 8.57. The van der Waals surface area contributed by atoms with Crippen LogP contribution in [0.5, 0.6) is 0 Å². The fourth-order valence-corrected chi connectivity index (χ4v) is 1.84. The van der Waals surface area contributed by atoms with Crippen molar-refractivity contribution in [2.45, 2.75) is 19.8 Å². The highest BCUT2D eigenvalue weighted by molar-refractivity contribution is 9.09. The van der Waals surface area contributed by atoms with Gasteiger partial charge in [-0.1, -0.05) is 27.3 Å². The molecule has 1 rings (SSSR count). The second-order valence-corrected chi connectivity index (χ2v) is 4.87. The Hall–Kier alpha value is -0.490. The van der Waals surface area contributed by atoms with E-state index in [4.69, 9.17) is 0 Å². The van der Waals surface area contributed by atoms with E-state index in [1.807, 2.05) is 0 Å². The molecule has 1 unspecified atom stereocenters. The minimum absolute atomic E-state index is 0.0727. The van der Waals surface area contributed by atoms with Crippen molar-refractivity contribution in [3.8, 4) is 0 Å². The molecule has 0 aliphatic heterocycles. The van der Waals surface area contributed by atoms with Gasteiger partial charge >= 0.3 is 0 Å². The highest BCUT2D eigenvalue weighted by Crippen LogP contribution is 2.07. The van der Waals surface area contributed by atoms with E-state index < -0.39 is 0 Å². The van der Waals surface area contributed by atoms with Crippen LogP contribution in [-0.2, 0) is 0 Å². The van der Waals surface area contributed by atoms with E-state index in [1.165, 1.54) is 6.20 Å². The largest absolute Gasteiger partial charge is 0.351 e. The van der Waals surface area contributed by atoms with Crippen LogP contribution < -0.4 is 5.32 Å². The number of nitrogens with zero attached hydrogens (tertiary/aromatic N) is 2. The van der Waals surface area contributed by atoms with Crippen LogP contribution in [0.2, 0.25) is 0 Å². The molecular weight excluding hydrogens is 278 g/mol. The first-order valence-electron chi connectivity index (χ1n) is 4.85. The number of alkyl halides is 1. The Labute approximate surface area is 102 Å². The van der Waals surface area contributed by atoms with Crippen molar-refractivity contribution in [1.82, 2.24) is 14.9 Å². The lowest BCUT2D eigenvalue weighted by molar-refractivity contribution is 0.0956. The molecule has 1 heterocycles. The van der Waals surface area contributed by atoms with E-state index in [0.29, 0.717) is 17.3 Å². The molecule has 1 amide bonds. The lowest BCUT2D eigenvalue weighted by Crippen LogP contribution is -2.23. The van der Waals surface area contributed by atoms with Crippen LogP contribution >= 0.6 is 27.5 Å². The molecule has 0 aliphatic rings. The fourth-order valence-electron chi connectivity index (χ4n) is 1.08. The average Bonchev–Trinajstić information content (AvgIpc) is 2.77. The van der Waals surface area contributed by atoms with Crippen molar-refractivity contribution in [2.75, 3.05) is 11.9 Å². The molecule has 4 nitrogen and oxygen atoms in total. The van der Waals surface area contributed by atoms with Gasteiger partial charge in [0.25, 0.3) is 5.91 Å². The predicted octanol–water partition coefficient (Wildman–Crippen LogP) is 2.08. The Bertz CT molecular complexity index is 292. The number of halogens is 1. The van der Waals surface area contributed by atoms with E-state index >= 15 is 0 Å². The summed E-state index contributed by atoms with van der Waals surface area (Å²) in [6.07, 6.45) is 3.61. The van der Waals surface area contributed by atoms with Gasteiger partial charge in [0.15, 0.2) is 0 Å². The van der Waals surface area contributed by atoms with Gasteiger partial charge in [-0.3, -0.25) is 4.79 Å². The van der Waals surface area contributed by atoms with Gasteiger partial charge in [-0.25, -0.2) is 0 Å². The molecule has 1 aromatic rings.